The minimum Gasteiger partial charge on any atom is -0.461 e. The number of hydrogen-bond acceptors (Lipinski definition) is 9. The molecule has 1 heterocycles. The van der Waals surface area contributed by atoms with Crippen LogP contribution in [0.4, 0.5) is 0 Å². The maximum Gasteiger partial charge on any atom is 0.309 e. The number of hydrogen-bond donors (Lipinski definition) is 0. The van der Waals surface area contributed by atoms with E-state index in [9.17, 15) is 19.2 Å². The van der Waals surface area contributed by atoms with Crippen LogP contribution in [-0.2, 0) is 42.9 Å². The van der Waals surface area contributed by atoms with Crippen LogP contribution in [0, 0.1) is 28.6 Å². The first kappa shape index (κ1) is 31.6. The third-order valence-corrected chi connectivity index (χ3v) is 9.15. The maximum absolute atomic E-state index is 12.9. The molecule has 0 aromatic heterocycles. The van der Waals surface area contributed by atoms with Crippen molar-refractivity contribution in [1.82, 2.24) is 0 Å². The summed E-state index contributed by atoms with van der Waals surface area (Å²) in [5.74, 6) is -2.62. The standard InChI is InChI=1S/C31H44O9/c1-10-17(3)12-13-30(9)19(5)14-26(36-20(6)32)31-24(28(37-21(7)33)40-29(31)38-22(8)34)15-23(16-25(30)31)39-27(35)18(4)11-2/h10,12,15,18-19,23,25-26,28-29H,1,11,13-14,16H2,2-9H3/b17-12+/t18?,19-,23?,25+,26?,28+,29-,30-,31?/m0/s1. The van der Waals surface area contributed by atoms with Crippen LogP contribution in [0.2, 0.25) is 0 Å². The summed E-state index contributed by atoms with van der Waals surface area (Å²) >= 11 is 0. The molecule has 0 N–H and O–H groups in total. The third-order valence-electron chi connectivity index (χ3n) is 9.15. The van der Waals surface area contributed by atoms with Crippen LogP contribution < -0.4 is 0 Å². The van der Waals surface area contributed by atoms with E-state index in [4.69, 9.17) is 23.7 Å². The Morgan fingerprint density at radius 3 is 2.23 bits per heavy atom. The molecule has 3 rings (SSSR count). The van der Waals surface area contributed by atoms with E-state index in [1.807, 2.05) is 20.8 Å². The Bertz CT molecular complexity index is 1090. The number of esters is 4. The number of allylic oxidation sites excluding steroid dienone is 3. The molecule has 9 atom stereocenters. The first-order chi connectivity index (χ1) is 18.7. The Morgan fingerprint density at radius 1 is 1.05 bits per heavy atom. The van der Waals surface area contributed by atoms with Gasteiger partial charge in [-0.3, -0.25) is 23.9 Å². The van der Waals surface area contributed by atoms with E-state index in [2.05, 4.69) is 26.5 Å². The van der Waals surface area contributed by atoms with Crippen molar-refractivity contribution in [3.05, 3.63) is 36.0 Å². The molecule has 3 aliphatic rings. The fourth-order valence-corrected chi connectivity index (χ4v) is 6.61. The molecule has 1 spiro atoms. The molecule has 222 valence electrons. The second-order valence-electron chi connectivity index (χ2n) is 11.7. The number of carbonyl (C=O) groups is 4. The van der Waals surface area contributed by atoms with Crippen LogP contribution in [0.15, 0.2) is 36.0 Å². The van der Waals surface area contributed by atoms with Crippen molar-refractivity contribution in [3.63, 3.8) is 0 Å². The van der Waals surface area contributed by atoms with Crippen molar-refractivity contribution in [1.29, 1.82) is 0 Å². The Labute approximate surface area is 237 Å². The lowest BCUT2D eigenvalue weighted by Crippen LogP contribution is -2.64. The second kappa shape index (κ2) is 12.3. The fourth-order valence-electron chi connectivity index (χ4n) is 6.61. The lowest BCUT2D eigenvalue weighted by molar-refractivity contribution is -0.257. The Hall–Kier alpha value is -2.94. The van der Waals surface area contributed by atoms with Gasteiger partial charge in [-0.2, -0.15) is 0 Å². The van der Waals surface area contributed by atoms with Gasteiger partial charge in [0.05, 0.1) is 5.92 Å². The highest BCUT2D eigenvalue weighted by molar-refractivity contribution is 5.72. The molecule has 2 fully saturated rings. The molecular weight excluding hydrogens is 516 g/mol. The van der Waals surface area contributed by atoms with Gasteiger partial charge in [0, 0.05) is 26.3 Å². The van der Waals surface area contributed by atoms with Gasteiger partial charge in [-0.25, -0.2) is 0 Å². The van der Waals surface area contributed by atoms with E-state index in [1.165, 1.54) is 20.8 Å². The first-order valence-corrected chi connectivity index (χ1v) is 14.1. The zero-order valence-electron chi connectivity index (χ0n) is 25.0. The largest absolute Gasteiger partial charge is 0.461 e. The Kier molecular flexibility index (Phi) is 9.70. The van der Waals surface area contributed by atoms with Crippen LogP contribution in [0.5, 0.6) is 0 Å². The molecule has 0 aromatic carbocycles. The van der Waals surface area contributed by atoms with Gasteiger partial charge in [-0.05, 0) is 55.9 Å². The molecule has 1 aliphatic heterocycles. The van der Waals surface area contributed by atoms with Crippen LogP contribution >= 0.6 is 0 Å². The van der Waals surface area contributed by atoms with Crippen LogP contribution in [0.25, 0.3) is 0 Å². The quantitative estimate of drug-likeness (QED) is 0.163. The Balaban J connectivity index is 2.30. The van der Waals surface area contributed by atoms with E-state index in [1.54, 1.807) is 12.2 Å². The van der Waals surface area contributed by atoms with Crippen molar-refractivity contribution >= 4 is 23.9 Å². The molecule has 9 nitrogen and oxygen atoms in total. The highest BCUT2D eigenvalue weighted by Gasteiger charge is 2.72. The lowest BCUT2D eigenvalue weighted by Gasteiger charge is -2.60. The third kappa shape index (κ3) is 5.90. The first-order valence-electron chi connectivity index (χ1n) is 14.1. The van der Waals surface area contributed by atoms with Gasteiger partial charge in [-0.1, -0.05) is 52.0 Å². The van der Waals surface area contributed by atoms with Crippen molar-refractivity contribution in [2.75, 3.05) is 0 Å². The minimum atomic E-state index is -1.21. The molecule has 0 bridgehead atoms. The molecule has 0 radical (unpaired) electrons. The number of carbonyl (C=O) groups excluding carboxylic acids is 4. The SMILES string of the molecule is C=C/C(C)=C/C[C@@]1(C)[C@@H](C)CC(OC(C)=O)C23C(=CC(OC(=O)C(C)CC)C[C@@H]21)[C@H](OC(C)=O)O[C@@H]3OC(C)=O. The summed E-state index contributed by atoms with van der Waals surface area (Å²) in [4.78, 5) is 49.9. The zero-order valence-corrected chi connectivity index (χ0v) is 25.0. The van der Waals surface area contributed by atoms with Gasteiger partial charge < -0.3 is 18.9 Å². The van der Waals surface area contributed by atoms with Gasteiger partial charge in [0.2, 0.25) is 12.6 Å². The molecule has 1 saturated carbocycles. The summed E-state index contributed by atoms with van der Waals surface area (Å²) < 4.78 is 29.5. The number of rotatable bonds is 9. The molecule has 2 aliphatic carbocycles. The maximum atomic E-state index is 12.9. The zero-order chi connectivity index (χ0) is 30.0. The average Bonchev–Trinajstić information content (AvgIpc) is 3.16. The Morgan fingerprint density at radius 2 is 1.68 bits per heavy atom. The summed E-state index contributed by atoms with van der Waals surface area (Å²) in [6, 6.07) is 0. The van der Waals surface area contributed by atoms with Gasteiger partial charge >= 0.3 is 23.9 Å². The molecule has 9 heteroatoms. The van der Waals surface area contributed by atoms with Gasteiger partial charge in [0.25, 0.3) is 0 Å². The van der Waals surface area contributed by atoms with Crippen LogP contribution in [-0.4, -0.2) is 48.7 Å². The topological polar surface area (TPSA) is 114 Å². The van der Waals surface area contributed by atoms with Crippen molar-refractivity contribution in [2.24, 2.45) is 28.6 Å². The predicted octanol–water partition coefficient (Wildman–Crippen LogP) is 5.19. The van der Waals surface area contributed by atoms with E-state index in [0.717, 1.165) is 5.57 Å². The lowest BCUT2D eigenvalue weighted by atomic mass is 9.45. The van der Waals surface area contributed by atoms with Gasteiger partial charge in [0.1, 0.15) is 17.6 Å². The van der Waals surface area contributed by atoms with E-state index in [0.29, 0.717) is 31.3 Å². The molecule has 0 amide bonds. The summed E-state index contributed by atoms with van der Waals surface area (Å²) in [6.45, 7) is 17.7. The monoisotopic (exact) mass is 560 g/mol. The summed E-state index contributed by atoms with van der Waals surface area (Å²) in [7, 11) is 0. The second-order valence-corrected chi connectivity index (χ2v) is 11.7. The molecular formula is C31H44O9. The van der Waals surface area contributed by atoms with Crippen molar-refractivity contribution in [3.8, 4) is 0 Å². The van der Waals surface area contributed by atoms with Gasteiger partial charge in [0.15, 0.2) is 0 Å². The average molecular weight is 561 g/mol. The highest BCUT2D eigenvalue weighted by Crippen LogP contribution is 2.67. The smallest absolute Gasteiger partial charge is 0.309 e. The van der Waals surface area contributed by atoms with E-state index < -0.39 is 53.5 Å². The van der Waals surface area contributed by atoms with E-state index >= 15 is 0 Å². The van der Waals surface area contributed by atoms with Crippen molar-refractivity contribution in [2.45, 2.75) is 106 Å². The number of ether oxygens (including phenoxy) is 5. The molecule has 4 unspecified atom stereocenters. The summed E-state index contributed by atoms with van der Waals surface area (Å²) in [5.41, 5.74) is -0.128. The summed E-state index contributed by atoms with van der Waals surface area (Å²) in [6.07, 6.45) is 3.92. The molecule has 1 saturated heterocycles. The van der Waals surface area contributed by atoms with Crippen LogP contribution in [0.1, 0.15) is 81.1 Å². The predicted molar refractivity (Wildman–Crippen MR) is 146 cm³/mol. The van der Waals surface area contributed by atoms with Crippen molar-refractivity contribution < 1.29 is 42.9 Å². The summed E-state index contributed by atoms with van der Waals surface area (Å²) in [5, 5.41) is 0. The van der Waals surface area contributed by atoms with Gasteiger partial charge in [-0.15, -0.1) is 0 Å². The van der Waals surface area contributed by atoms with E-state index in [-0.39, 0.29) is 23.7 Å². The minimum absolute atomic E-state index is 0.0392. The molecule has 40 heavy (non-hydrogen) atoms. The van der Waals surface area contributed by atoms with Crippen LogP contribution in [0.3, 0.4) is 0 Å². The normalized spacial score (nSPS) is 35.8. The molecule has 0 aromatic rings. The fraction of sp³-hybridized carbons (Fsp3) is 0.677. The highest BCUT2D eigenvalue weighted by atomic mass is 16.8.